The van der Waals surface area contributed by atoms with Crippen LogP contribution in [0.15, 0.2) is 29.1 Å². The summed E-state index contributed by atoms with van der Waals surface area (Å²) in [4.78, 5) is 14.7. The second-order valence-electron chi connectivity index (χ2n) is 7.07. The lowest BCUT2D eigenvalue weighted by molar-refractivity contribution is 0.195. The van der Waals surface area contributed by atoms with E-state index in [-0.39, 0.29) is 11.6 Å². The van der Waals surface area contributed by atoms with E-state index in [0.717, 1.165) is 37.3 Å². The molecule has 1 N–H and O–H groups in total. The molecule has 27 heavy (non-hydrogen) atoms. The van der Waals surface area contributed by atoms with E-state index in [1.165, 1.54) is 10.8 Å². The number of piperidine rings is 1. The Morgan fingerprint density at radius 1 is 1.19 bits per heavy atom. The first-order valence-electron chi connectivity index (χ1n) is 8.85. The minimum atomic E-state index is -3.18. The zero-order valence-electron chi connectivity index (χ0n) is 15.3. The van der Waals surface area contributed by atoms with E-state index in [9.17, 15) is 13.2 Å². The first-order valence-corrected chi connectivity index (χ1v) is 10.7. The van der Waals surface area contributed by atoms with Gasteiger partial charge >= 0.3 is 0 Å². The number of aryl methyl sites for hydroxylation is 1. The molecule has 3 heterocycles. The molecule has 1 aliphatic rings. The number of hydrogen-bond acceptors (Lipinski definition) is 6. The summed E-state index contributed by atoms with van der Waals surface area (Å²) in [6.07, 6.45) is 2.70. The van der Waals surface area contributed by atoms with Gasteiger partial charge in [-0.25, -0.2) is 13.1 Å². The first-order chi connectivity index (χ1) is 12.8. The minimum Gasteiger partial charge on any atom is -0.296 e. The van der Waals surface area contributed by atoms with Gasteiger partial charge in [-0.2, -0.15) is 0 Å². The summed E-state index contributed by atoms with van der Waals surface area (Å²) in [6, 6.07) is 7.43. The Morgan fingerprint density at radius 3 is 2.59 bits per heavy atom. The van der Waals surface area contributed by atoms with Crippen molar-refractivity contribution in [1.82, 2.24) is 28.8 Å². The van der Waals surface area contributed by atoms with Crippen molar-refractivity contribution in [2.24, 2.45) is 7.05 Å². The predicted octanol–water partition coefficient (Wildman–Crippen LogP) is 0.0948. The van der Waals surface area contributed by atoms with Crippen LogP contribution in [0.25, 0.3) is 16.7 Å². The van der Waals surface area contributed by atoms with Crippen LogP contribution in [0.2, 0.25) is 0 Å². The van der Waals surface area contributed by atoms with Gasteiger partial charge in [0.25, 0.3) is 5.56 Å². The van der Waals surface area contributed by atoms with Crippen molar-refractivity contribution < 1.29 is 8.42 Å². The number of nitrogens with zero attached hydrogens (tertiary/aromatic N) is 5. The van der Waals surface area contributed by atoms with Gasteiger partial charge in [0.2, 0.25) is 15.8 Å². The summed E-state index contributed by atoms with van der Waals surface area (Å²) in [6.45, 7) is 2.13. The van der Waals surface area contributed by atoms with E-state index in [2.05, 4.69) is 19.8 Å². The molecule has 0 unspecified atom stereocenters. The second-order valence-corrected chi connectivity index (χ2v) is 8.85. The molecule has 10 heteroatoms. The molecule has 0 bridgehead atoms. The zero-order valence-corrected chi connectivity index (χ0v) is 16.1. The van der Waals surface area contributed by atoms with Gasteiger partial charge in [-0.05, 0) is 25.0 Å². The Kier molecular flexibility index (Phi) is 4.49. The van der Waals surface area contributed by atoms with Crippen molar-refractivity contribution in [3.63, 3.8) is 0 Å². The first kappa shape index (κ1) is 18.1. The van der Waals surface area contributed by atoms with Gasteiger partial charge in [-0.15, -0.1) is 10.2 Å². The molecule has 0 aliphatic carbocycles. The summed E-state index contributed by atoms with van der Waals surface area (Å²) in [5, 5.41) is 9.16. The molecule has 9 nitrogen and oxygen atoms in total. The lowest BCUT2D eigenvalue weighted by atomic mass is 10.1. The topological polar surface area (TPSA) is 102 Å². The molecular weight excluding hydrogens is 368 g/mol. The standard InChI is InChI=1S/C17H22N6O3S/c1-21-16(24)13-5-3-4-6-14(13)23-15(18-19-17(21)23)11-22-9-7-12(8-10-22)20-27(2,25)26/h3-6,12,20H,7-11H2,1-2H3. The van der Waals surface area contributed by atoms with Crippen LogP contribution in [0.5, 0.6) is 0 Å². The zero-order chi connectivity index (χ0) is 19.2. The Hall–Kier alpha value is -2.30. The van der Waals surface area contributed by atoms with Gasteiger partial charge in [0.05, 0.1) is 23.7 Å². The number of fused-ring (bicyclic) bond motifs is 3. The van der Waals surface area contributed by atoms with Crippen LogP contribution in [0.4, 0.5) is 0 Å². The number of rotatable bonds is 4. The third-order valence-electron chi connectivity index (χ3n) is 5.03. The average molecular weight is 390 g/mol. The van der Waals surface area contributed by atoms with Gasteiger partial charge in [0, 0.05) is 26.2 Å². The molecule has 3 aromatic rings. The third-order valence-corrected chi connectivity index (χ3v) is 5.79. The fourth-order valence-corrected chi connectivity index (χ4v) is 4.55. The summed E-state index contributed by atoms with van der Waals surface area (Å²) in [5.74, 6) is 1.29. The highest BCUT2D eigenvalue weighted by molar-refractivity contribution is 7.88. The molecule has 0 saturated carbocycles. The molecule has 2 aromatic heterocycles. The largest absolute Gasteiger partial charge is 0.296 e. The molecular formula is C17H22N6O3S. The lowest BCUT2D eigenvalue weighted by Gasteiger charge is -2.31. The number of benzene rings is 1. The van der Waals surface area contributed by atoms with Gasteiger partial charge in [-0.1, -0.05) is 12.1 Å². The summed E-state index contributed by atoms with van der Waals surface area (Å²) < 4.78 is 28.9. The fraction of sp³-hybridized carbons (Fsp3) is 0.471. The number of likely N-dealkylation sites (tertiary alicyclic amines) is 1. The normalized spacial score (nSPS) is 17.1. The van der Waals surface area contributed by atoms with E-state index in [1.54, 1.807) is 7.05 Å². The molecule has 4 rings (SSSR count). The molecule has 0 atom stereocenters. The maximum absolute atomic E-state index is 12.5. The Labute approximate surface area is 156 Å². The Morgan fingerprint density at radius 2 is 1.89 bits per heavy atom. The number of nitrogens with one attached hydrogen (secondary N) is 1. The maximum Gasteiger partial charge on any atom is 0.262 e. The number of sulfonamides is 1. The monoisotopic (exact) mass is 390 g/mol. The van der Waals surface area contributed by atoms with Crippen LogP contribution in [0.3, 0.4) is 0 Å². The predicted molar refractivity (Wildman–Crippen MR) is 102 cm³/mol. The maximum atomic E-state index is 12.5. The minimum absolute atomic E-state index is 0.0203. The van der Waals surface area contributed by atoms with E-state index in [0.29, 0.717) is 17.7 Å². The third kappa shape index (κ3) is 3.47. The Bertz CT molecular complexity index is 1160. The second kappa shape index (κ2) is 6.70. The highest BCUT2D eigenvalue weighted by Gasteiger charge is 2.23. The van der Waals surface area contributed by atoms with Crippen LogP contribution >= 0.6 is 0 Å². The van der Waals surface area contributed by atoms with Crippen LogP contribution in [-0.2, 0) is 23.6 Å². The average Bonchev–Trinajstić information content (AvgIpc) is 3.04. The van der Waals surface area contributed by atoms with Gasteiger partial charge in [0.15, 0.2) is 5.82 Å². The Balaban J connectivity index is 1.62. The summed E-state index contributed by atoms with van der Waals surface area (Å²) >= 11 is 0. The van der Waals surface area contributed by atoms with Crippen LogP contribution in [-0.4, -0.2) is 57.9 Å². The van der Waals surface area contributed by atoms with E-state index >= 15 is 0 Å². The van der Waals surface area contributed by atoms with E-state index < -0.39 is 10.0 Å². The quantitative estimate of drug-likeness (QED) is 0.678. The molecule has 1 aliphatic heterocycles. The molecule has 1 fully saturated rings. The molecule has 144 valence electrons. The number of para-hydroxylation sites is 1. The highest BCUT2D eigenvalue weighted by Crippen LogP contribution is 2.17. The number of aromatic nitrogens is 4. The molecule has 1 aromatic carbocycles. The molecule has 1 saturated heterocycles. The van der Waals surface area contributed by atoms with Crippen molar-refractivity contribution in [2.75, 3.05) is 19.3 Å². The van der Waals surface area contributed by atoms with Gasteiger partial charge in [-0.3, -0.25) is 18.7 Å². The highest BCUT2D eigenvalue weighted by atomic mass is 32.2. The SMILES string of the molecule is Cn1c(=O)c2ccccc2n2c(CN3CCC(NS(C)(=O)=O)CC3)nnc12. The number of hydrogen-bond donors (Lipinski definition) is 1. The van der Waals surface area contributed by atoms with Crippen molar-refractivity contribution in [2.45, 2.75) is 25.4 Å². The van der Waals surface area contributed by atoms with Crippen molar-refractivity contribution in [1.29, 1.82) is 0 Å². The van der Waals surface area contributed by atoms with E-state index in [4.69, 9.17) is 0 Å². The molecule has 0 amide bonds. The molecule has 0 radical (unpaired) electrons. The smallest absolute Gasteiger partial charge is 0.262 e. The van der Waals surface area contributed by atoms with E-state index in [1.807, 2.05) is 28.7 Å². The fourth-order valence-electron chi connectivity index (χ4n) is 3.71. The molecule has 0 spiro atoms. The summed E-state index contributed by atoms with van der Waals surface area (Å²) in [7, 11) is -1.48. The summed E-state index contributed by atoms with van der Waals surface area (Å²) in [5.41, 5.74) is 0.703. The van der Waals surface area contributed by atoms with Crippen molar-refractivity contribution in [3.8, 4) is 0 Å². The van der Waals surface area contributed by atoms with Gasteiger partial charge in [0.1, 0.15) is 0 Å². The van der Waals surface area contributed by atoms with Crippen LogP contribution < -0.4 is 10.3 Å². The van der Waals surface area contributed by atoms with Crippen molar-refractivity contribution >= 4 is 26.7 Å². The van der Waals surface area contributed by atoms with Crippen molar-refractivity contribution in [3.05, 3.63) is 40.4 Å². The van der Waals surface area contributed by atoms with Gasteiger partial charge < -0.3 is 0 Å². The lowest BCUT2D eigenvalue weighted by Crippen LogP contribution is -2.44. The van der Waals surface area contributed by atoms with Crippen LogP contribution in [0, 0.1) is 0 Å². The van der Waals surface area contributed by atoms with Crippen LogP contribution in [0.1, 0.15) is 18.7 Å².